The van der Waals surface area contributed by atoms with Gasteiger partial charge in [0.1, 0.15) is 0 Å². The Hall–Kier alpha value is -2.63. The van der Waals surface area contributed by atoms with Crippen molar-refractivity contribution in [1.29, 1.82) is 0 Å². The summed E-state index contributed by atoms with van der Waals surface area (Å²) in [6, 6.07) is 10.2. The fourth-order valence-corrected chi connectivity index (χ4v) is 1.85. The smallest absolute Gasteiger partial charge is 0.273 e. The van der Waals surface area contributed by atoms with Gasteiger partial charge in [-0.15, -0.1) is 0 Å². The Morgan fingerprint density at radius 2 is 2.00 bits per heavy atom. The number of hydrogen-bond acceptors (Lipinski definition) is 5. The standard InChI is InChI=1S/C15H17N3O3/c16-14(19)13-15(20)17-10-12(18-13)21-9-5-4-8-11-6-2-1-3-7-11/h1-3,6-7,10H,4-5,8-9H2,(H2,16,19)(H,17,20). The molecular weight excluding hydrogens is 270 g/mol. The number of carbonyl (C=O) groups is 1. The molecule has 0 atom stereocenters. The maximum absolute atomic E-state index is 11.0. The van der Waals surface area contributed by atoms with Crippen LogP contribution in [0, 0.1) is 0 Å². The summed E-state index contributed by atoms with van der Waals surface area (Å²) in [5.41, 5.74) is 6.08. The number of rotatable bonds is 7. The first-order valence-electron chi connectivity index (χ1n) is 6.69. The largest absolute Gasteiger partial charge is 0.492 e. The van der Waals surface area contributed by atoms with Gasteiger partial charge in [-0.25, -0.2) is 9.97 Å². The third kappa shape index (κ3) is 4.45. The summed E-state index contributed by atoms with van der Waals surface area (Å²) in [5.74, 6) is -1.14. The summed E-state index contributed by atoms with van der Waals surface area (Å²) in [5, 5.41) is 9.31. The minimum absolute atomic E-state index is 0.182. The van der Waals surface area contributed by atoms with E-state index in [1.807, 2.05) is 18.2 Å². The lowest BCUT2D eigenvalue weighted by atomic mass is 10.1. The van der Waals surface area contributed by atoms with Gasteiger partial charge in [-0.1, -0.05) is 30.3 Å². The summed E-state index contributed by atoms with van der Waals surface area (Å²) < 4.78 is 5.40. The second-order valence-corrected chi connectivity index (χ2v) is 4.54. The molecule has 0 radical (unpaired) electrons. The van der Waals surface area contributed by atoms with Crippen LogP contribution in [0.3, 0.4) is 0 Å². The van der Waals surface area contributed by atoms with Crippen molar-refractivity contribution < 1.29 is 14.6 Å². The fourth-order valence-electron chi connectivity index (χ4n) is 1.85. The normalized spacial score (nSPS) is 10.3. The number of primary amides is 1. The minimum Gasteiger partial charge on any atom is -0.492 e. The van der Waals surface area contributed by atoms with Crippen LogP contribution in [0.5, 0.6) is 11.8 Å². The Balaban J connectivity index is 1.76. The average molecular weight is 287 g/mol. The van der Waals surface area contributed by atoms with Crippen molar-refractivity contribution in [3.63, 3.8) is 0 Å². The number of unbranched alkanes of at least 4 members (excludes halogenated alkanes) is 1. The van der Waals surface area contributed by atoms with E-state index in [0.717, 1.165) is 19.3 Å². The molecule has 1 heterocycles. The Kier molecular flexibility index (Phi) is 5.09. The van der Waals surface area contributed by atoms with E-state index in [0.29, 0.717) is 6.61 Å². The van der Waals surface area contributed by atoms with Crippen molar-refractivity contribution in [1.82, 2.24) is 9.97 Å². The highest BCUT2D eigenvalue weighted by Gasteiger charge is 2.12. The first-order valence-corrected chi connectivity index (χ1v) is 6.69. The van der Waals surface area contributed by atoms with Crippen LogP contribution in [-0.4, -0.2) is 27.6 Å². The van der Waals surface area contributed by atoms with Gasteiger partial charge in [0.2, 0.25) is 11.8 Å². The molecule has 3 N–H and O–H groups in total. The SMILES string of the molecule is NC(=O)c1nc(OCCCCc2ccccc2)cnc1O. The molecule has 6 heteroatoms. The molecule has 0 unspecified atom stereocenters. The van der Waals surface area contributed by atoms with Crippen LogP contribution in [0.15, 0.2) is 36.5 Å². The van der Waals surface area contributed by atoms with Gasteiger partial charge in [-0.2, -0.15) is 0 Å². The number of hydrogen-bond donors (Lipinski definition) is 2. The summed E-state index contributed by atoms with van der Waals surface area (Å²) in [6.07, 6.45) is 4.08. The van der Waals surface area contributed by atoms with Crippen molar-refractivity contribution in [2.45, 2.75) is 19.3 Å². The Morgan fingerprint density at radius 3 is 2.71 bits per heavy atom. The van der Waals surface area contributed by atoms with E-state index in [2.05, 4.69) is 22.1 Å². The molecule has 2 aromatic rings. The second kappa shape index (κ2) is 7.23. The van der Waals surface area contributed by atoms with Gasteiger partial charge in [0.05, 0.1) is 12.8 Å². The van der Waals surface area contributed by atoms with Gasteiger partial charge in [0.25, 0.3) is 5.91 Å². The van der Waals surface area contributed by atoms with E-state index in [4.69, 9.17) is 10.5 Å². The molecule has 2 rings (SSSR count). The molecule has 1 aromatic heterocycles. The zero-order valence-corrected chi connectivity index (χ0v) is 11.5. The molecule has 0 aliphatic carbocycles. The molecule has 110 valence electrons. The average Bonchev–Trinajstić information content (AvgIpc) is 2.49. The van der Waals surface area contributed by atoms with Crippen LogP contribution in [0.1, 0.15) is 28.9 Å². The molecule has 0 spiro atoms. The lowest BCUT2D eigenvalue weighted by Crippen LogP contribution is -2.14. The topological polar surface area (TPSA) is 98.3 Å². The minimum atomic E-state index is -0.838. The molecule has 1 amide bonds. The zero-order valence-electron chi connectivity index (χ0n) is 11.5. The number of aryl methyl sites for hydroxylation is 1. The summed E-state index contributed by atoms with van der Waals surface area (Å²) in [7, 11) is 0. The molecule has 6 nitrogen and oxygen atoms in total. The van der Waals surface area contributed by atoms with Crippen LogP contribution >= 0.6 is 0 Å². The predicted octanol–water partition coefficient (Wildman–Crippen LogP) is 1.68. The highest BCUT2D eigenvalue weighted by molar-refractivity contribution is 5.92. The lowest BCUT2D eigenvalue weighted by molar-refractivity contribution is 0.0990. The molecule has 0 bridgehead atoms. The van der Waals surface area contributed by atoms with Crippen LogP contribution in [-0.2, 0) is 6.42 Å². The quantitative estimate of drug-likeness (QED) is 0.755. The number of amides is 1. The maximum Gasteiger partial charge on any atom is 0.273 e. The first kappa shape index (κ1) is 14.8. The second-order valence-electron chi connectivity index (χ2n) is 4.54. The third-order valence-corrected chi connectivity index (χ3v) is 2.92. The van der Waals surface area contributed by atoms with Crippen LogP contribution in [0.2, 0.25) is 0 Å². The number of nitrogens with zero attached hydrogens (tertiary/aromatic N) is 2. The van der Waals surface area contributed by atoms with Crippen molar-refractivity contribution in [2.75, 3.05) is 6.61 Å². The highest BCUT2D eigenvalue weighted by Crippen LogP contribution is 2.14. The number of aromatic hydroxyl groups is 1. The van der Waals surface area contributed by atoms with Crippen molar-refractivity contribution >= 4 is 5.91 Å². The summed E-state index contributed by atoms with van der Waals surface area (Å²) >= 11 is 0. The molecule has 0 aliphatic heterocycles. The summed E-state index contributed by atoms with van der Waals surface area (Å²) in [6.45, 7) is 0.463. The number of carbonyl (C=O) groups excluding carboxylic acids is 1. The highest BCUT2D eigenvalue weighted by atomic mass is 16.5. The van der Waals surface area contributed by atoms with Gasteiger partial charge < -0.3 is 15.6 Å². The van der Waals surface area contributed by atoms with Crippen molar-refractivity contribution in [2.24, 2.45) is 5.73 Å². The molecule has 0 aliphatic rings. The Labute approximate surface area is 122 Å². The molecule has 0 saturated carbocycles. The van der Waals surface area contributed by atoms with Gasteiger partial charge in [-0.05, 0) is 24.8 Å². The zero-order chi connectivity index (χ0) is 15.1. The van der Waals surface area contributed by atoms with Crippen molar-refractivity contribution in [3.8, 4) is 11.8 Å². The fraction of sp³-hybridized carbons (Fsp3) is 0.267. The van der Waals surface area contributed by atoms with Crippen LogP contribution in [0.4, 0.5) is 0 Å². The van der Waals surface area contributed by atoms with E-state index < -0.39 is 11.8 Å². The van der Waals surface area contributed by atoms with E-state index in [1.54, 1.807) is 0 Å². The summed E-state index contributed by atoms with van der Waals surface area (Å²) in [4.78, 5) is 18.4. The van der Waals surface area contributed by atoms with Gasteiger partial charge in [0, 0.05) is 0 Å². The van der Waals surface area contributed by atoms with Gasteiger partial charge >= 0.3 is 0 Å². The number of ether oxygens (including phenoxy) is 1. The molecular formula is C15H17N3O3. The maximum atomic E-state index is 11.0. The Bertz CT molecular complexity index is 602. The van der Waals surface area contributed by atoms with Gasteiger partial charge in [-0.3, -0.25) is 4.79 Å². The van der Waals surface area contributed by atoms with Crippen molar-refractivity contribution in [3.05, 3.63) is 47.8 Å². The number of nitrogens with two attached hydrogens (primary N) is 1. The first-order chi connectivity index (χ1) is 10.2. The van der Waals surface area contributed by atoms with E-state index >= 15 is 0 Å². The predicted molar refractivity (Wildman–Crippen MR) is 77.1 cm³/mol. The van der Waals surface area contributed by atoms with Gasteiger partial charge in [0.15, 0.2) is 5.69 Å². The molecule has 21 heavy (non-hydrogen) atoms. The van der Waals surface area contributed by atoms with Crippen LogP contribution < -0.4 is 10.5 Å². The molecule has 0 saturated heterocycles. The monoisotopic (exact) mass is 287 g/mol. The van der Waals surface area contributed by atoms with E-state index in [9.17, 15) is 9.90 Å². The molecule has 1 aromatic carbocycles. The van der Waals surface area contributed by atoms with E-state index in [1.165, 1.54) is 11.8 Å². The Morgan fingerprint density at radius 1 is 1.24 bits per heavy atom. The van der Waals surface area contributed by atoms with E-state index in [-0.39, 0.29) is 11.6 Å². The number of aromatic nitrogens is 2. The van der Waals surface area contributed by atoms with Crippen LogP contribution in [0.25, 0.3) is 0 Å². The number of benzene rings is 1. The lowest BCUT2D eigenvalue weighted by Gasteiger charge is -2.06. The third-order valence-electron chi connectivity index (χ3n) is 2.92. The molecule has 0 fully saturated rings.